The van der Waals surface area contributed by atoms with Crippen molar-refractivity contribution in [3.63, 3.8) is 0 Å². The lowest BCUT2D eigenvalue weighted by Gasteiger charge is -2.31. The van der Waals surface area contributed by atoms with Gasteiger partial charge < -0.3 is 29.1 Å². The first-order valence-electron chi connectivity index (χ1n) is 10.9. The lowest BCUT2D eigenvalue weighted by atomic mass is 9.98. The molecule has 1 N–H and O–H groups in total. The first-order valence-corrected chi connectivity index (χ1v) is 12.4. The standard InChI is InChI=1S/C23H25N3O9S/c1-25-17-7-6-14(9-18(17)35-23(25)30)36(31,32)26-8-4-5-13(12-26)21(27)24-16-11-20(34-3)19(33-2)10-15(16)22(28)29/h6-7,9-11,13H,4-5,8,12H2,1-3H3,(H,24,27)(H,28,29)/p-1. The molecule has 12 nitrogen and oxygen atoms in total. The van der Waals surface area contributed by atoms with Gasteiger partial charge in [-0.2, -0.15) is 4.31 Å². The molecule has 0 radical (unpaired) electrons. The van der Waals surface area contributed by atoms with Gasteiger partial charge in [0, 0.05) is 37.8 Å². The van der Waals surface area contributed by atoms with E-state index in [0.29, 0.717) is 18.4 Å². The molecule has 1 aromatic heterocycles. The number of methoxy groups -OCH3 is 2. The predicted octanol–water partition coefficient (Wildman–Crippen LogP) is 0.552. The number of piperidine rings is 1. The number of anilines is 1. The molecule has 36 heavy (non-hydrogen) atoms. The highest BCUT2D eigenvalue weighted by Gasteiger charge is 2.34. The SMILES string of the molecule is COc1cc(NC(=O)C2CCCN(S(=O)(=O)c3ccc4c(c3)oc(=O)n4C)C2)c(C(=O)[O-])cc1OC. The number of aromatic carboxylic acids is 1. The van der Waals surface area contributed by atoms with Gasteiger partial charge in [-0.25, -0.2) is 13.2 Å². The summed E-state index contributed by atoms with van der Waals surface area (Å²) in [7, 11) is 0.226. The van der Waals surface area contributed by atoms with E-state index in [4.69, 9.17) is 13.9 Å². The number of carboxylic acid groups (broad SMARTS) is 1. The highest BCUT2D eigenvalue weighted by atomic mass is 32.2. The normalized spacial score (nSPS) is 16.6. The van der Waals surface area contributed by atoms with Crippen LogP contribution in [0.25, 0.3) is 11.1 Å². The molecule has 13 heteroatoms. The van der Waals surface area contributed by atoms with Crippen LogP contribution in [0, 0.1) is 5.92 Å². The van der Waals surface area contributed by atoms with Gasteiger partial charge >= 0.3 is 5.76 Å². The Morgan fingerprint density at radius 1 is 1.14 bits per heavy atom. The fourth-order valence-corrected chi connectivity index (χ4v) is 5.72. The molecular formula is C23H24N3O9S-. The monoisotopic (exact) mass is 518 g/mol. The van der Waals surface area contributed by atoms with Crippen LogP contribution in [0.2, 0.25) is 0 Å². The van der Waals surface area contributed by atoms with E-state index >= 15 is 0 Å². The van der Waals surface area contributed by atoms with Crippen LogP contribution < -0.4 is 25.7 Å². The Kier molecular flexibility index (Phi) is 6.78. The number of oxazole rings is 1. The van der Waals surface area contributed by atoms with Crippen molar-refractivity contribution >= 4 is 38.7 Å². The Morgan fingerprint density at radius 2 is 1.83 bits per heavy atom. The average Bonchev–Trinajstić information content (AvgIpc) is 3.16. The summed E-state index contributed by atoms with van der Waals surface area (Å²) < 4.78 is 44.4. The molecule has 2 aromatic carbocycles. The summed E-state index contributed by atoms with van der Waals surface area (Å²) in [5.74, 6) is -3.07. The van der Waals surface area contributed by atoms with Gasteiger partial charge in [0.1, 0.15) is 0 Å². The molecule has 1 saturated heterocycles. The number of fused-ring (bicyclic) bond motifs is 1. The van der Waals surface area contributed by atoms with Crippen LogP contribution in [0.1, 0.15) is 23.2 Å². The number of carbonyl (C=O) groups is 2. The van der Waals surface area contributed by atoms with Crippen molar-refractivity contribution in [2.75, 3.05) is 32.6 Å². The summed E-state index contributed by atoms with van der Waals surface area (Å²) in [6, 6.07) is 6.64. The molecular weight excluding hydrogens is 494 g/mol. The topological polar surface area (TPSA) is 160 Å². The van der Waals surface area contributed by atoms with E-state index in [1.54, 1.807) is 0 Å². The zero-order chi connectivity index (χ0) is 26.2. The number of benzene rings is 2. The molecule has 3 aromatic rings. The van der Waals surface area contributed by atoms with E-state index in [9.17, 15) is 27.9 Å². The molecule has 1 aliphatic rings. The lowest BCUT2D eigenvalue weighted by molar-refractivity contribution is -0.254. The minimum Gasteiger partial charge on any atom is -0.545 e. The van der Waals surface area contributed by atoms with Crippen molar-refractivity contribution in [1.82, 2.24) is 8.87 Å². The molecule has 0 saturated carbocycles. The molecule has 1 unspecified atom stereocenters. The van der Waals surface area contributed by atoms with Gasteiger partial charge in [-0.1, -0.05) is 0 Å². The Labute approximate surface area is 206 Å². The second-order valence-corrected chi connectivity index (χ2v) is 10.2. The van der Waals surface area contributed by atoms with Crippen LogP contribution in [-0.2, 0) is 21.9 Å². The average molecular weight is 519 g/mol. The van der Waals surface area contributed by atoms with Crippen molar-refractivity contribution in [3.8, 4) is 11.5 Å². The molecule has 0 bridgehead atoms. The molecule has 4 rings (SSSR count). The minimum absolute atomic E-state index is 0.0535. The van der Waals surface area contributed by atoms with Crippen LogP contribution >= 0.6 is 0 Å². The number of aromatic nitrogens is 1. The van der Waals surface area contributed by atoms with E-state index in [2.05, 4.69) is 5.32 Å². The van der Waals surface area contributed by atoms with Gasteiger partial charge in [-0.3, -0.25) is 9.36 Å². The van der Waals surface area contributed by atoms with Crippen LogP contribution in [-0.4, -0.2) is 56.5 Å². The maximum absolute atomic E-state index is 13.3. The number of nitrogens with zero attached hydrogens (tertiary/aromatic N) is 2. The molecule has 0 spiro atoms. The number of amides is 1. The number of carbonyl (C=O) groups excluding carboxylic acids is 2. The molecule has 0 aliphatic carbocycles. The van der Waals surface area contributed by atoms with E-state index in [0.717, 1.165) is 0 Å². The van der Waals surface area contributed by atoms with Crippen LogP contribution in [0.15, 0.2) is 44.4 Å². The zero-order valence-electron chi connectivity index (χ0n) is 19.8. The molecule has 1 fully saturated rings. The van der Waals surface area contributed by atoms with Crippen LogP contribution in [0.5, 0.6) is 11.5 Å². The van der Waals surface area contributed by atoms with Crippen LogP contribution in [0.4, 0.5) is 5.69 Å². The van der Waals surface area contributed by atoms with E-state index in [-0.39, 0.29) is 46.3 Å². The zero-order valence-corrected chi connectivity index (χ0v) is 20.6. The minimum atomic E-state index is -4.00. The first kappa shape index (κ1) is 25.3. The van der Waals surface area contributed by atoms with Crippen molar-refractivity contribution in [2.24, 2.45) is 13.0 Å². The Balaban J connectivity index is 1.57. The van der Waals surface area contributed by atoms with Gasteiger partial charge in [0.2, 0.25) is 15.9 Å². The number of hydrogen-bond donors (Lipinski definition) is 1. The number of hydrogen-bond acceptors (Lipinski definition) is 9. The van der Waals surface area contributed by atoms with E-state index < -0.39 is 33.6 Å². The number of ether oxygens (including phenoxy) is 2. The summed E-state index contributed by atoms with van der Waals surface area (Å²) in [6.07, 6.45) is 0.817. The maximum atomic E-state index is 13.3. The third-order valence-corrected chi connectivity index (χ3v) is 8.02. The number of nitrogens with one attached hydrogen (secondary N) is 1. The van der Waals surface area contributed by atoms with Gasteiger partial charge in [0.25, 0.3) is 0 Å². The number of sulfonamides is 1. The fourth-order valence-electron chi connectivity index (χ4n) is 4.18. The number of rotatable bonds is 7. The number of carboxylic acids is 1. The van der Waals surface area contributed by atoms with E-state index in [1.807, 2.05) is 0 Å². The van der Waals surface area contributed by atoms with Crippen LogP contribution in [0.3, 0.4) is 0 Å². The molecule has 2 heterocycles. The van der Waals surface area contributed by atoms with Gasteiger partial charge in [0.15, 0.2) is 17.1 Å². The molecule has 1 aliphatic heterocycles. The van der Waals surface area contributed by atoms with Gasteiger partial charge in [-0.05, 0) is 31.0 Å². The second-order valence-electron chi connectivity index (χ2n) is 8.29. The van der Waals surface area contributed by atoms with Crippen molar-refractivity contribution in [2.45, 2.75) is 17.7 Å². The van der Waals surface area contributed by atoms with Gasteiger partial charge in [-0.15, -0.1) is 0 Å². The van der Waals surface area contributed by atoms with E-state index in [1.165, 1.54) is 60.5 Å². The molecule has 1 atom stereocenters. The first-order chi connectivity index (χ1) is 17.1. The Bertz CT molecular complexity index is 1510. The Morgan fingerprint density at radius 3 is 2.50 bits per heavy atom. The van der Waals surface area contributed by atoms with Crippen molar-refractivity contribution < 1.29 is 37.0 Å². The number of aryl methyl sites for hydroxylation is 1. The summed E-state index contributed by atoms with van der Waals surface area (Å²) in [6.45, 7) is 0.0857. The predicted molar refractivity (Wildman–Crippen MR) is 125 cm³/mol. The van der Waals surface area contributed by atoms with Gasteiger partial charge in [0.05, 0.1) is 42.2 Å². The highest BCUT2D eigenvalue weighted by Crippen LogP contribution is 2.34. The summed E-state index contributed by atoms with van der Waals surface area (Å²) in [4.78, 5) is 36.4. The summed E-state index contributed by atoms with van der Waals surface area (Å²) in [5.41, 5.74) is 0.229. The van der Waals surface area contributed by atoms with Crippen molar-refractivity contribution in [1.29, 1.82) is 0 Å². The second kappa shape index (κ2) is 9.66. The highest BCUT2D eigenvalue weighted by molar-refractivity contribution is 7.89. The third-order valence-electron chi connectivity index (χ3n) is 6.16. The quantitative estimate of drug-likeness (QED) is 0.471. The maximum Gasteiger partial charge on any atom is 0.419 e. The van der Waals surface area contributed by atoms with Crippen molar-refractivity contribution in [3.05, 3.63) is 46.4 Å². The molecule has 192 valence electrons. The smallest absolute Gasteiger partial charge is 0.419 e. The fraction of sp³-hybridized carbons (Fsp3) is 0.348. The Hall–Kier alpha value is -3.84. The lowest BCUT2D eigenvalue weighted by Crippen LogP contribution is -2.43. The largest absolute Gasteiger partial charge is 0.545 e. The summed E-state index contributed by atoms with van der Waals surface area (Å²) >= 11 is 0. The summed E-state index contributed by atoms with van der Waals surface area (Å²) in [5, 5.41) is 14.2. The molecule has 1 amide bonds. The third kappa shape index (κ3) is 4.54.